The Morgan fingerprint density at radius 3 is 2.57 bits per heavy atom. The molecule has 10 heteroatoms. The highest BCUT2D eigenvalue weighted by atomic mass is 32.2. The van der Waals surface area contributed by atoms with Gasteiger partial charge in [-0.3, -0.25) is 9.52 Å². The number of ketones is 1. The molecule has 4 aromatic rings. The average molecular weight is 499 g/mol. The number of imidazole rings is 1. The number of hydrogen-bond acceptors (Lipinski definition) is 5. The van der Waals surface area contributed by atoms with E-state index in [-0.39, 0.29) is 12.2 Å². The van der Waals surface area contributed by atoms with E-state index < -0.39 is 38.7 Å². The molecule has 2 N–H and O–H groups in total. The summed E-state index contributed by atoms with van der Waals surface area (Å²) >= 11 is 0. The molecule has 0 bridgehead atoms. The third kappa shape index (κ3) is 5.22. The number of aromatic amines is 1. The number of aryl methyl sites for hydroxylation is 2. The van der Waals surface area contributed by atoms with Crippen LogP contribution in [0.15, 0.2) is 42.6 Å². The average Bonchev–Trinajstić information content (AvgIpc) is 3.21. The largest absolute Gasteiger partial charge is 0.337 e. The number of H-pyrrole nitrogens is 1. The maximum atomic E-state index is 14.9. The first kappa shape index (κ1) is 24.5. The van der Waals surface area contributed by atoms with Crippen molar-refractivity contribution in [3.63, 3.8) is 0 Å². The first-order chi connectivity index (χ1) is 16.6. The number of pyridine rings is 1. The summed E-state index contributed by atoms with van der Waals surface area (Å²) in [7, 11) is -3.82. The standard InChI is InChI=1S/C25H24F2N4O3S/c1-4-9-35(33,34)31-19-8-7-18(26)22(23(19)27)21(32)12-16-11-20-25(28-13-16)30-24(29-20)17-6-5-14(2)15(3)10-17/h5-8,10-11,13,31H,4,9,12H2,1-3H3,(H,28,29,30). The van der Waals surface area contributed by atoms with Crippen LogP contribution in [0.1, 0.15) is 40.4 Å². The molecule has 0 spiro atoms. The van der Waals surface area contributed by atoms with E-state index in [4.69, 9.17) is 0 Å². The van der Waals surface area contributed by atoms with Gasteiger partial charge in [0.1, 0.15) is 11.6 Å². The van der Waals surface area contributed by atoms with Gasteiger partial charge in [-0.2, -0.15) is 0 Å². The molecular weight excluding hydrogens is 474 g/mol. The maximum Gasteiger partial charge on any atom is 0.232 e. The molecule has 182 valence electrons. The van der Waals surface area contributed by atoms with Crippen LogP contribution < -0.4 is 4.72 Å². The summed E-state index contributed by atoms with van der Waals surface area (Å²) in [5, 5.41) is 0. The molecule has 0 fully saturated rings. The summed E-state index contributed by atoms with van der Waals surface area (Å²) in [4.78, 5) is 24.7. The minimum atomic E-state index is -3.82. The Morgan fingerprint density at radius 2 is 1.86 bits per heavy atom. The van der Waals surface area contributed by atoms with Gasteiger partial charge in [0.25, 0.3) is 0 Å². The molecule has 0 saturated carbocycles. The first-order valence-electron chi connectivity index (χ1n) is 11.0. The van der Waals surface area contributed by atoms with E-state index in [0.29, 0.717) is 29.0 Å². The zero-order valence-corrected chi connectivity index (χ0v) is 20.3. The highest BCUT2D eigenvalue weighted by Gasteiger charge is 2.23. The second-order valence-corrected chi connectivity index (χ2v) is 10.2. The number of nitrogens with zero attached hydrogens (tertiary/aromatic N) is 2. The molecule has 0 aliphatic heterocycles. The van der Waals surface area contributed by atoms with Gasteiger partial charge in [-0.15, -0.1) is 0 Å². The lowest BCUT2D eigenvalue weighted by Gasteiger charge is -2.11. The van der Waals surface area contributed by atoms with E-state index in [0.717, 1.165) is 28.8 Å². The molecular formula is C25H24F2N4O3S. The molecule has 0 aliphatic carbocycles. The van der Waals surface area contributed by atoms with Gasteiger partial charge in [0, 0.05) is 18.2 Å². The summed E-state index contributed by atoms with van der Waals surface area (Å²) in [6.45, 7) is 5.68. The summed E-state index contributed by atoms with van der Waals surface area (Å²) in [6, 6.07) is 9.42. The van der Waals surface area contributed by atoms with Crippen LogP contribution in [-0.4, -0.2) is 34.9 Å². The number of rotatable bonds is 8. The van der Waals surface area contributed by atoms with E-state index in [9.17, 15) is 22.0 Å². The van der Waals surface area contributed by atoms with Crippen LogP contribution in [-0.2, 0) is 16.4 Å². The molecule has 0 aliphatic rings. The monoisotopic (exact) mass is 498 g/mol. The van der Waals surface area contributed by atoms with Crippen LogP contribution in [0.4, 0.5) is 14.5 Å². The minimum Gasteiger partial charge on any atom is -0.337 e. The van der Waals surface area contributed by atoms with Crippen molar-refractivity contribution in [3.05, 3.63) is 76.5 Å². The number of halogens is 2. The van der Waals surface area contributed by atoms with Crippen molar-refractivity contribution in [2.45, 2.75) is 33.6 Å². The van der Waals surface area contributed by atoms with Gasteiger partial charge in [-0.25, -0.2) is 27.2 Å². The molecule has 4 rings (SSSR count). The summed E-state index contributed by atoms with van der Waals surface area (Å²) in [5.41, 5.74) is 3.33. The number of carbonyl (C=O) groups excluding carboxylic acids is 1. The van der Waals surface area contributed by atoms with Crippen LogP contribution in [0.5, 0.6) is 0 Å². The summed E-state index contributed by atoms with van der Waals surface area (Å²) in [5.74, 6) is -2.77. The van der Waals surface area contributed by atoms with Gasteiger partial charge in [-0.05, 0) is 61.2 Å². The van der Waals surface area contributed by atoms with Crippen LogP contribution in [0.2, 0.25) is 0 Å². The van der Waals surface area contributed by atoms with Gasteiger partial charge in [0.15, 0.2) is 17.2 Å². The van der Waals surface area contributed by atoms with Gasteiger partial charge in [0.05, 0.1) is 22.5 Å². The number of benzene rings is 2. The third-order valence-corrected chi connectivity index (χ3v) is 7.12. The predicted molar refractivity (Wildman–Crippen MR) is 131 cm³/mol. The van der Waals surface area contributed by atoms with Crippen molar-refractivity contribution in [2.24, 2.45) is 0 Å². The van der Waals surface area contributed by atoms with Crippen molar-refractivity contribution in [1.29, 1.82) is 0 Å². The molecule has 0 unspecified atom stereocenters. The van der Waals surface area contributed by atoms with Gasteiger partial charge < -0.3 is 4.98 Å². The Morgan fingerprint density at radius 1 is 1.09 bits per heavy atom. The van der Waals surface area contributed by atoms with E-state index in [2.05, 4.69) is 19.7 Å². The molecule has 35 heavy (non-hydrogen) atoms. The van der Waals surface area contributed by atoms with Crippen molar-refractivity contribution in [2.75, 3.05) is 10.5 Å². The second-order valence-electron chi connectivity index (χ2n) is 8.40. The Balaban J connectivity index is 1.61. The SMILES string of the molecule is CCCS(=O)(=O)Nc1ccc(F)c(C(=O)Cc2cnc3nc(-c4ccc(C)c(C)c4)[nH]c3c2)c1F. The Labute approximate surface area is 201 Å². The van der Waals surface area contributed by atoms with Gasteiger partial charge in [-0.1, -0.05) is 19.1 Å². The lowest BCUT2D eigenvalue weighted by atomic mass is 10.0. The van der Waals surface area contributed by atoms with Crippen LogP contribution in [0.25, 0.3) is 22.6 Å². The number of Topliss-reactive ketones (excluding diaryl/α,β-unsaturated/α-hetero) is 1. The highest BCUT2D eigenvalue weighted by Crippen LogP contribution is 2.25. The molecule has 2 heterocycles. The lowest BCUT2D eigenvalue weighted by molar-refractivity contribution is 0.0985. The normalized spacial score (nSPS) is 11.7. The molecule has 2 aromatic carbocycles. The quantitative estimate of drug-likeness (QED) is 0.329. The fourth-order valence-corrected chi connectivity index (χ4v) is 4.85. The molecule has 2 aromatic heterocycles. The molecule has 7 nitrogen and oxygen atoms in total. The van der Waals surface area contributed by atoms with Crippen molar-refractivity contribution >= 4 is 32.7 Å². The number of sulfonamides is 1. The van der Waals surface area contributed by atoms with Crippen molar-refractivity contribution in [1.82, 2.24) is 15.0 Å². The molecule has 0 amide bonds. The number of anilines is 1. The third-order valence-electron chi connectivity index (χ3n) is 5.65. The van der Waals surface area contributed by atoms with E-state index in [1.165, 1.54) is 6.20 Å². The van der Waals surface area contributed by atoms with Crippen molar-refractivity contribution < 1.29 is 22.0 Å². The Bertz CT molecular complexity index is 1550. The number of hydrogen-bond donors (Lipinski definition) is 2. The van der Waals surface area contributed by atoms with Crippen LogP contribution in [0, 0.1) is 25.5 Å². The van der Waals surface area contributed by atoms with E-state index in [1.54, 1.807) is 13.0 Å². The molecule has 0 radical (unpaired) electrons. The summed E-state index contributed by atoms with van der Waals surface area (Å²) < 4.78 is 55.4. The van der Waals surface area contributed by atoms with E-state index >= 15 is 0 Å². The maximum absolute atomic E-state index is 14.9. The fourth-order valence-electron chi connectivity index (χ4n) is 3.71. The lowest BCUT2D eigenvalue weighted by Crippen LogP contribution is -2.19. The van der Waals surface area contributed by atoms with Gasteiger partial charge >= 0.3 is 0 Å². The second kappa shape index (κ2) is 9.53. The molecule has 0 atom stereocenters. The number of aromatic nitrogens is 3. The first-order valence-corrected chi connectivity index (χ1v) is 12.7. The Kier molecular flexibility index (Phi) is 6.66. The predicted octanol–water partition coefficient (Wildman–Crippen LogP) is 5.10. The number of nitrogens with one attached hydrogen (secondary N) is 2. The van der Waals surface area contributed by atoms with Crippen molar-refractivity contribution in [3.8, 4) is 11.4 Å². The zero-order chi connectivity index (χ0) is 25.3. The number of carbonyl (C=O) groups is 1. The van der Waals surface area contributed by atoms with Crippen LogP contribution >= 0.6 is 0 Å². The van der Waals surface area contributed by atoms with Gasteiger partial charge in [0.2, 0.25) is 10.0 Å². The highest BCUT2D eigenvalue weighted by molar-refractivity contribution is 7.92. The zero-order valence-electron chi connectivity index (χ0n) is 19.4. The molecule has 0 saturated heterocycles. The number of fused-ring (bicyclic) bond motifs is 1. The minimum absolute atomic E-state index is 0.229. The fraction of sp³-hybridized carbons (Fsp3) is 0.240. The summed E-state index contributed by atoms with van der Waals surface area (Å²) in [6.07, 6.45) is 1.41. The van der Waals surface area contributed by atoms with E-state index in [1.807, 2.05) is 32.0 Å². The van der Waals surface area contributed by atoms with Crippen LogP contribution in [0.3, 0.4) is 0 Å². The topological polar surface area (TPSA) is 105 Å². The smallest absolute Gasteiger partial charge is 0.232 e. The Hall–Kier alpha value is -3.66.